The van der Waals surface area contributed by atoms with Crippen LogP contribution in [0.4, 0.5) is 5.69 Å². The molecule has 6 heteroatoms. The highest BCUT2D eigenvalue weighted by atomic mass is 16.5. The van der Waals surface area contributed by atoms with Crippen LogP contribution in [0.25, 0.3) is 0 Å². The summed E-state index contributed by atoms with van der Waals surface area (Å²) in [6, 6.07) is 4.39. The van der Waals surface area contributed by atoms with E-state index in [1.54, 1.807) is 25.1 Å². The van der Waals surface area contributed by atoms with Gasteiger partial charge in [0.15, 0.2) is 0 Å². The maximum absolute atomic E-state index is 13.2. The largest absolute Gasteiger partial charge is 0.465 e. The van der Waals surface area contributed by atoms with E-state index in [-0.39, 0.29) is 17.2 Å². The summed E-state index contributed by atoms with van der Waals surface area (Å²) in [6.45, 7) is 3.57. The molecule has 4 aliphatic rings. The van der Waals surface area contributed by atoms with Gasteiger partial charge in [0.1, 0.15) is 6.04 Å². The second-order valence-electron chi connectivity index (χ2n) is 9.40. The molecule has 1 atom stereocenters. The maximum Gasteiger partial charge on any atom is 0.337 e. The highest BCUT2D eigenvalue weighted by Gasteiger charge is 2.54. The van der Waals surface area contributed by atoms with Crippen molar-refractivity contribution in [3.8, 4) is 0 Å². The average molecular weight is 399 g/mol. The number of carbonyl (C=O) groups excluding carboxylic acids is 3. The summed E-state index contributed by atoms with van der Waals surface area (Å²) < 4.78 is 4.74. The number of aryl methyl sites for hydroxylation is 1. The molecular formula is C23H30N2O4. The van der Waals surface area contributed by atoms with Gasteiger partial charge in [0, 0.05) is 11.1 Å². The number of hydrogen-bond acceptors (Lipinski definition) is 4. The van der Waals surface area contributed by atoms with E-state index >= 15 is 0 Å². The van der Waals surface area contributed by atoms with Gasteiger partial charge in [-0.2, -0.15) is 0 Å². The van der Waals surface area contributed by atoms with Crippen LogP contribution in [-0.4, -0.2) is 30.9 Å². The van der Waals surface area contributed by atoms with E-state index in [0.717, 1.165) is 24.8 Å². The highest BCUT2D eigenvalue weighted by Crippen LogP contribution is 2.60. The fourth-order valence-electron chi connectivity index (χ4n) is 6.05. The Morgan fingerprint density at radius 1 is 1.07 bits per heavy atom. The van der Waals surface area contributed by atoms with Crippen LogP contribution in [-0.2, 0) is 14.3 Å². The number of benzene rings is 1. The van der Waals surface area contributed by atoms with Gasteiger partial charge in [-0.05, 0) is 87.8 Å². The lowest BCUT2D eigenvalue weighted by molar-refractivity contribution is -0.147. The van der Waals surface area contributed by atoms with Crippen LogP contribution >= 0.6 is 0 Å². The van der Waals surface area contributed by atoms with E-state index in [1.807, 2.05) is 6.92 Å². The molecule has 6 nitrogen and oxygen atoms in total. The van der Waals surface area contributed by atoms with Crippen molar-refractivity contribution in [1.82, 2.24) is 5.32 Å². The van der Waals surface area contributed by atoms with Crippen LogP contribution in [0, 0.1) is 30.1 Å². The molecule has 2 amide bonds. The summed E-state index contributed by atoms with van der Waals surface area (Å²) in [5, 5.41) is 5.83. The van der Waals surface area contributed by atoms with Gasteiger partial charge in [0.05, 0.1) is 12.7 Å². The molecule has 0 aromatic heterocycles. The topological polar surface area (TPSA) is 84.5 Å². The summed E-state index contributed by atoms with van der Waals surface area (Å²) in [5.41, 5.74) is 1.49. The number of esters is 1. The lowest BCUT2D eigenvalue weighted by Crippen LogP contribution is -2.56. The summed E-state index contributed by atoms with van der Waals surface area (Å²) in [4.78, 5) is 37.7. The number of hydrogen-bond donors (Lipinski definition) is 2. The summed E-state index contributed by atoms with van der Waals surface area (Å²) in [7, 11) is 1.32. The first-order valence-corrected chi connectivity index (χ1v) is 10.6. The van der Waals surface area contributed by atoms with Crippen LogP contribution in [0.3, 0.4) is 0 Å². The van der Waals surface area contributed by atoms with Crippen molar-refractivity contribution in [1.29, 1.82) is 0 Å². The van der Waals surface area contributed by atoms with E-state index in [4.69, 9.17) is 4.74 Å². The first kappa shape index (κ1) is 19.9. The molecule has 0 heterocycles. The zero-order valence-corrected chi connectivity index (χ0v) is 17.4. The quantitative estimate of drug-likeness (QED) is 0.744. The number of methoxy groups -OCH3 is 1. The summed E-state index contributed by atoms with van der Waals surface area (Å²) in [6.07, 6.45) is 6.74. The van der Waals surface area contributed by atoms with Crippen LogP contribution in [0.2, 0.25) is 0 Å². The summed E-state index contributed by atoms with van der Waals surface area (Å²) >= 11 is 0. The van der Waals surface area contributed by atoms with Crippen LogP contribution in [0.5, 0.6) is 0 Å². The van der Waals surface area contributed by atoms with E-state index in [0.29, 0.717) is 29.0 Å². The first-order valence-electron chi connectivity index (χ1n) is 10.6. The molecule has 5 rings (SSSR count). The fourth-order valence-corrected chi connectivity index (χ4v) is 6.05. The number of carbonyl (C=O) groups is 3. The van der Waals surface area contributed by atoms with Crippen molar-refractivity contribution >= 4 is 23.5 Å². The Kier molecular flexibility index (Phi) is 5.13. The second kappa shape index (κ2) is 7.47. The lowest BCUT2D eigenvalue weighted by Gasteiger charge is -2.55. The van der Waals surface area contributed by atoms with Gasteiger partial charge < -0.3 is 15.4 Å². The zero-order valence-electron chi connectivity index (χ0n) is 17.4. The Hall–Kier alpha value is -2.37. The molecule has 29 heavy (non-hydrogen) atoms. The molecule has 0 radical (unpaired) electrons. The minimum Gasteiger partial charge on any atom is -0.465 e. The molecule has 156 valence electrons. The molecule has 4 aliphatic carbocycles. The molecule has 4 saturated carbocycles. The minimum atomic E-state index is -0.642. The van der Waals surface area contributed by atoms with Crippen molar-refractivity contribution < 1.29 is 19.1 Å². The molecular weight excluding hydrogens is 368 g/mol. The number of rotatable bonds is 5. The van der Waals surface area contributed by atoms with Crippen molar-refractivity contribution in [2.45, 2.75) is 58.4 Å². The monoisotopic (exact) mass is 398 g/mol. The number of ether oxygens (including phenoxy) is 1. The number of amides is 2. The Morgan fingerprint density at radius 3 is 2.21 bits per heavy atom. The van der Waals surface area contributed by atoms with Gasteiger partial charge in [0.2, 0.25) is 11.8 Å². The molecule has 4 bridgehead atoms. The summed E-state index contributed by atoms with van der Waals surface area (Å²) in [5.74, 6) is 1.34. The van der Waals surface area contributed by atoms with Gasteiger partial charge >= 0.3 is 5.97 Å². The van der Waals surface area contributed by atoms with Gasteiger partial charge in [0.25, 0.3) is 0 Å². The van der Waals surface area contributed by atoms with Gasteiger partial charge in [-0.25, -0.2) is 4.79 Å². The SMILES string of the molecule is COC(=O)c1ccc(C)c(NC(=O)[C@H](C)NC(=O)C23CC4CC(CC(C4)C2)C3)c1. The molecule has 0 saturated heterocycles. The van der Waals surface area contributed by atoms with E-state index < -0.39 is 12.0 Å². The Bertz CT molecular complexity index is 812. The minimum absolute atomic E-state index is 0.0410. The zero-order chi connectivity index (χ0) is 20.8. The van der Waals surface area contributed by atoms with Crippen LogP contribution < -0.4 is 10.6 Å². The third kappa shape index (κ3) is 3.77. The third-order valence-electron chi connectivity index (χ3n) is 7.18. The van der Waals surface area contributed by atoms with Crippen molar-refractivity contribution in [3.63, 3.8) is 0 Å². The van der Waals surface area contributed by atoms with Crippen molar-refractivity contribution in [3.05, 3.63) is 29.3 Å². The molecule has 1 aromatic carbocycles. The third-order valence-corrected chi connectivity index (χ3v) is 7.18. The maximum atomic E-state index is 13.2. The molecule has 1 aromatic rings. The van der Waals surface area contributed by atoms with E-state index in [1.165, 1.54) is 26.4 Å². The fraction of sp³-hybridized carbons (Fsp3) is 0.609. The second-order valence-corrected chi connectivity index (χ2v) is 9.40. The highest BCUT2D eigenvalue weighted by molar-refractivity contribution is 5.99. The number of anilines is 1. The Morgan fingerprint density at radius 2 is 1.66 bits per heavy atom. The van der Waals surface area contributed by atoms with E-state index in [2.05, 4.69) is 10.6 Å². The predicted molar refractivity (Wildman–Crippen MR) is 109 cm³/mol. The first-order chi connectivity index (χ1) is 13.8. The average Bonchev–Trinajstić information content (AvgIpc) is 2.67. The Balaban J connectivity index is 1.41. The standard InChI is InChI=1S/C23H30N2O4/c1-13-4-5-18(21(27)29-3)9-19(13)25-20(26)14(2)24-22(28)23-10-15-6-16(11-23)8-17(7-15)12-23/h4-5,9,14-17H,6-8,10-12H2,1-3H3,(H,24,28)(H,25,26)/t14-,15?,16?,17?,23?/m0/s1. The smallest absolute Gasteiger partial charge is 0.337 e. The van der Waals surface area contributed by atoms with Gasteiger partial charge in [-0.3, -0.25) is 9.59 Å². The van der Waals surface area contributed by atoms with Gasteiger partial charge in [-0.1, -0.05) is 6.07 Å². The van der Waals surface area contributed by atoms with Gasteiger partial charge in [-0.15, -0.1) is 0 Å². The molecule has 2 N–H and O–H groups in total. The molecule has 4 fully saturated rings. The number of nitrogens with one attached hydrogen (secondary N) is 2. The lowest BCUT2D eigenvalue weighted by atomic mass is 9.49. The van der Waals surface area contributed by atoms with Crippen molar-refractivity contribution in [2.75, 3.05) is 12.4 Å². The van der Waals surface area contributed by atoms with Crippen LogP contribution in [0.15, 0.2) is 18.2 Å². The normalized spacial score (nSPS) is 30.5. The van der Waals surface area contributed by atoms with Crippen molar-refractivity contribution in [2.24, 2.45) is 23.2 Å². The molecule has 0 aliphatic heterocycles. The Labute approximate surface area is 171 Å². The molecule has 0 spiro atoms. The molecule has 0 unspecified atom stereocenters. The van der Waals surface area contributed by atoms with Crippen LogP contribution in [0.1, 0.15) is 61.4 Å². The van der Waals surface area contributed by atoms with E-state index in [9.17, 15) is 14.4 Å². The predicted octanol–water partition coefficient (Wildman–Crippen LogP) is 3.44.